The van der Waals surface area contributed by atoms with Crippen LogP contribution in [-0.4, -0.2) is 10.5 Å². The highest BCUT2D eigenvalue weighted by Gasteiger charge is 2.11. The Morgan fingerprint density at radius 1 is 1.23 bits per heavy atom. The van der Waals surface area contributed by atoms with Crippen LogP contribution >= 0.6 is 38.6 Å². The smallest absolute Gasteiger partial charge is 0.289 e. The fourth-order valence-electron chi connectivity index (χ4n) is 2.28. The monoisotopic (exact) mass is 394 g/mol. The maximum absolute atomic E-state index is 12.3. The number of amides is 1. The Balaban J connectivity index is 2.17. The molecule has 3 aromatic rings. The molecule has 3 nitrogen and oxygen atoms in total. The number of hydrogen-bond donors (Lipinski definition) is 0. The Bertz CT molecular complexity index is 933. The molecule has 0 bridgehead atoms. The summed E-state index contributed by atoms with van der Waals surface area (Å²) < 4.78 is 4.22. The Kier molecular flexibility index (Phi) is 4.34. The predicted octanol–water partition coefficient (Wildman–Crippen LogP) is 4.90. The van der Waals surface area contributed by atoms with Gasteiger partial charge in [-0.15, -0.1) is 11.3 Å². The van der Waals surface area contributed by atoms with Crippen LogP contribution in [-0.2, 0) is 6.54 Å². The number of thiazole rings is 1. The van der Waals surface area contributed by atoms with E-state index in [0.29, 0.717) is 4.88 Å². The van der Waals surface area contributed by atoms with Crippen molar-refractivity contribution in [2.45, 2.75) is 27.3 Å². The van der Waals surface area contributed by atoms with Gasteiger partial charge in [0.25, 0.3) is 5.91 Å². The number of rotatable bonds is 2. The van der Waals surface area contributed by atoms with Crippen molar-refractivity contribution in [3.05, 3.63) is 48.9 Å². The van der Waals surface area contributed by atoms with Crippen molar-refractivity contribution in [1.82, 2.24) is 4.57 Å². The van der Waals surface area contributed by atoms with E-state index in [1.165, 1.54) is 27.2 Å². The van der Waals surface area contributed by atoms with E-state index in [2.05, 4.69) is 58.4 Å². The lowest BCUT2D eigenvalue weighted by atomic mass is 10.1. The number of aryl methyl sites for hydroxylation is 3. The molecule has 2 aromatic heterocycles. The number of nitrogens with zero attached hydrogens (tertiary/aromatic N) is 2. The number of carbonyl (C=O) groups is 1. The average Bonchev–Trinajstić information content (AvgIpc) is 3.03. The molecule has 6 heteroatoms. The number of hydrogen-bond acceptors (Lipinski definition) is 3. The molecule has 0 aliphatic rings. The lowest BCUT2D eigenvalue weighted by Gasteiger charge is -2.03. The second-order valence-electron chi connectivity index (χ2n) is 5.05. The first-order valence-electron chi connectivity index (χ1n) is 6.94. The fraction of sp³-hybridized carbons (Fsp3) is 0.250. The third kappa shape index (κ3) is 2.83. The molecule has 0 fully saturated rings. The first-order valence-corrected chi connectivity index (χ1v) is 9.37. The van der Waals surface area contributed by atoms with Crippen LogP contribution in [0, 0.1) is 13.8 Å². The summed E-state index contributed by atoms with van der Waals surface area (Å²) in [4.78, 5) is 18.1. The van der Waals surface area contributed by atoms with E-state index in [9.17, 15) is 4.79 Å². The Morgan fingerprint density at radius 2 is 1.95 bits per heavy atom. The van der Waals surface area contributed by atoms with Gasteiger partial charge in [0.05, 0.1) is 18.9 Å². The van der Waals surface area contributed by atoms with Gasteiger partial charge in [-0.2, -0.15) is 4.99 Å². The van der Waals surface area contributed by atoms with Gasteiger partial charge in [-0.3, -0.25) is 4.79 Å². The molecule has 1 amide bonds. The number of halogens is 1. The largest absolute Gasteiger partial charge is 0.317 e. The van der Waals surface area contributed by atoms with Crippen molar-refractivity contribution in [3.63, 3.8) is 0 Å². The molecule has 0 unspecified atom stereocenters. The van der Waals surface area contributed by atoms with Crippen LogP contribution in [0.25, 0.3) is 10.2 Å². The topological polar surface area (TPSA) is 34.4 Å². The van der Waals surface area contributed by atoms with Crippen LogP contribution < -0.4 is 4.80 Å². The predicted molar refractivity (Wildman–Crippen MR) is 96.9 cm³/mol. The first kappa shape index (κ1) is 15.6. The van der Waals surface area contributed by atoms with Gasteiger partial charge in [0.1, 0.15) is 0 Å². The summed E-state index contributed by atoms with van der Waals surface area (Å²) in [5, 5.41) is 0. The molecule has 0 atom stereocenters. The van der Waals surface area contributed by atoms with E-state index in [4.69, 9.17) is 0 Å². The SMILES string of the molecule is CCn1c(=NC(=O)c2ccc(Br)s2)sc2cc(C)c(C)cc21. The summed E-state index contributed by atoms with van der Waals surface area (Å²) in [6, 6.07) is 8.03. The lowest BCUT2D eigenvalue weighted by Crippen LogP contribution is -2.15. The molecule has 22 heavy (non-hydrogen) atoms. The molecule has 0 radical (unpaired) electrons. The van der Waals surface area contributed by atoms with Gasteiger partial charge >= 0.3 is 0 Å². The van der Waals surface area contributed by atoms with Gasteiger partial charge in [0.15, 0.2) is 4.80 Å². The summed E-state index contributed by atoms with van der Waals surface area (Å²) in [6.07, 6.45) is 0. The van der Waals surface area contributed by atoms with Gasteiger partial charge in [0, 0.05) is 6.54 Å². The van der Waals surface area contributed by atoms with Crippen molar-refractivity contribution < 1.29 is 4.79 Å². The summed E-state index contributed by atoms with van der Waals surface area (Å²) in [5.41, 5.74) is 3.67. The molecule has 0 saturated heterocycles. The minimum absolute atomic E-state index is 0.182. The zero-order valence-electron chi connectivity index (χ0n) is 12.5. The molecule has 3 rings (SSSR count). The third-order valence-electron chi connectivity index (χ3n) is 3.60. The quantitative estimate of drug-likeness (QED) is 0.608. The second-order valence-corrected chi connectivity index (χ2v) is 8.53. The fourth-order valence-corrected chi connectivity index (χ4v) is 4.73. The Hall–Kier alpha value is -1.24. The molecule has 0 aliphatic carbocycles. The minimum atomic E-state index is -0.182. The molecule has 2 heterocycles. The highest BCUT2D eigenvalue weighted by atomic mass is 79.9. The van der Waals surface area contributed by atoms with Crippen LogP contribution in [0.3, 0.4) is 0 Å². The molecule has 0 aliphatic heterocycles. The maximum atomic E-state index is 12.3. The van der Waals surface area contributed by atoms with E-state index < -0.39 is 0 Å². The van der Waals surface area contributed by atoms with E-state index in [0.717, 1.165) is 20.6 Å². The molecule has 0 N–H and O–H groups in total. The van der Waals surface area contributed by atoms with Crippen LogP contribution in [0.15, 0.2) is 33.0 Å². The van der Waals surface area contributed by atoms with Crippen molar-refractivity contribution in [2.24, 2.45) is 4.99 Å². The molecular weight excluding hydrogens is 380 g/mol. The van der Waals surface area contributed by atoms with Crippen LogP contribution in [0.2, 0.25) is 0 Å². The first-order chi connectivity index (χ1) is 10.5. The summed E-state index contributed by atoms with van der Waals surface area (Å²) in [7, 11) is 0. The van der Waals surface area contributed by atoms with Crippen LogP contribution in [0.4, 0.5) is 0 Å². The highest BCUT2D eigenvalue weighted by Crippen LogP contribution is 2.24. The second kappa shape index (κ2) is 6.10. The average molecular weight is 395 g/mol. The van der Waals surface area contributed by atoms with E-state index in [1.54, 1.807) is 17.4 Å². The van der Waals surface area contributed by atoms with Crippen molar-refractivity contribution in [1.29, 1.82) is 0 Å². The summed E-state index contributed by atoms with van der Waals surface area (Å²) in [6.45, 7) is 7.09. The van der Waals surface area contributed by atoms with Gasteiger partial charge in [-0.25, -0.2) is 0 Å². The molecule has 114 valence electrons. The van der Waals surface area contributed by atoms with Crippen LogP contribution in [0.5, 0.6) is 0 Å². The summed E-state index contributed by atoms with van der Waals surface area (Å²) in [5.74, 6) is -0.182. The van der Waals surface area contributed by atoms with Crippen molar-refractivity contribution >= 4 is 54.7 Å². The van der Waals surface area contributed by atoms with Crippen molar-refractivity contribution in [3.8, 4) is 0 Å². The molecule has 0 spiro atoms. The van der Waals surface area contributed by atoms with Gasteiger partial charge in [-0.05, 0) is 72.1 Å². The number of thiophene rings is 1. The number of benzene rings is 1. The Labute approximate surface area is 145 Å². The lowest BCUT2D eigenvalue weighted by molar-refractivity contribution is 0.100. The summed E-state index contributed by atoms with van der Waals surface area (Å²) >= 11 is 6.36. The van der Waals surface area contributed by atoms with Crippen molar-refractivity contribution in [2.75, 3.05) is 0 Å². The maximum Gasteiger partial charge on any atom is 0.289 e. The normalized spacial score (nSPS) is 12.3. The van der Waals surface area contributed by atoms with Gasteiger partial charge in [-0.1, -0.05) is 11.3 Å². The number of fused-ring (bicyclic) bond motifs is 1. The zero-order valence-corrected chi connectivity index (χ0v) is 15.7. The van der Waals surface area contributed by atoms with Crippen LogP contribution in [0.1, 0.15) is 27.7 Å². The van der Waals surface area contributed by atoms with E-state index >= 15 is 0 Å². The number of carbonyl (C=O) groups excluding carboxylic acids is 1. The molecular formula is C16H15BrN2OS2. The minimum Gasteiger partial charge on any atom is -0.317 e. The van der Waals surface area contributed by atoms with Gasteiger partial charge < -0.3 is 4.57 Å². The van der Waals surface area contributed by atoms with E-state index in [-0.39, 0.29) is 5.91 Å². The highest BCUT2D eigenvalue weighted by molar-refractivity contribution is 9.11. The van der Waals surface area contributed by atoms with E-state index in [1.807, 2.05) is 6.07 Å². The zero-order chi connectivity index (χ0) is 15.9. The third-order valence-corrected chi connectivity index (χ3v) is 6.25. The molecule has 1 aromatic carbocycles. The van der Waals surface area contributed by atoms with Gasteiger partial charge in [0.2, 0.25) is 0 Å². The standard InChI is InChI=1S/C16H15BrN2OS2/c1-4-19-11-7-9(2)10(3)8-13(11)22-16(19)18-15(20)12-5-6-14(17)21-12/h5-8H,4H2,1-3H3. The number of aromatic nitrogens is 1. The molecule has 0 saturated carbocycles. The Morgan fingerprint density at radius 3 is 2.59 bits per heavy atom.